The van der Waals surface area contributed by atoms with E-state index in [1.54, 1.807) is 4.57 Å². The number of rotatable bonds is 3. The van der Waals surface area contributed by atoms with E-state index in [-0.39, 0.29) is 6.54 Å². The summed E-state index contributed by atoms with van der Waals surface area (Å²) in [5, 5.41) is 9.89. The average molecular weight is 203 g/mol. The van der Waals surface area contributed by atoms with E-state index in [2.05, 4.69) is 6.92 Å². The Morgan fingerprint density at radius 1 is 1.40 bits per heavy atom. The lowest BCUT2D eigenvalue weighted by atomic mass is 10.1. The fourth-order valence-corrected chi connectivity index (χ4v) is 1.90. The van der Waals surface area contributed by atoms with Crippen molar-refractivity contribution in [3.05, 3.63) is 36.0 Å². The number of hydrogen-bond donors (Lipinski definition) is 1. The van der Waals surface area contributed by atoms with Gasteiger partial charge in [0.15, 0.2) is 0 Å². The Morgan fingerprint density at radius 2 is 2.20 bits per heavy atom. The van der Waals surface area contributed by atoms with Crippen molar-refractivity contribution in [1.82, 2.24) is 4.57 Å². The molecule has 2 rings (SSSR count). The monoisotopic (exact) mass is 203 g/mol. The van der Waals surface area contributed by atoms with Gasteiger partial charge in [0.1, 0.15) is 6.54 Å². The molecule has 1 aromatic carbocycles. The maximum absolute atomic E-state index is 10.7. The van der Waals surface area contributed by atoms with Gasteiger partial charge in [-0.1, -0.05) is 25.1 Å². The Kier molecular flexibility index (Phi) is 2.46. The molecular weight excluding hydrogens is 190 g/mol. The molecule has 0 saturated heterocycles. The molecule has 2 aromatic rings. The largest absolute Gasteiger partial charge is 0.480 e. The Morgan fingerprint density at radius 3 is 2.87 bits per heavy atom. The molecule has 78 valence electrons. The number of carboxylic acid groups (broad SMARTS) is 1. The number of carbonyl (C=O) groups is 1. The van der Waals surface area contributed by atoms with Gasteiger partial charge in [-0.25, -0.2) is 0 Å². The minimum absolute atomic E-state index is 0.0283. The van der Waals surface area contributed by atoms with Crippen molar-refractivity contribution < 1.29 is 9.90 Å². The standard InChI is InChI=1S/C12H13NO2/c1-2-9-4-3-5-10-6-7-13(12(9)10)8-11(14)15/h3-7H,2,8H2,1H3,(H,14,15). The second-order valence-corrected chi connectivity index (χ2v) is 3.55. The number of aliphatic carboxylic acids is 1. The van der Waals surface area contributed by atoms with Crippen molar-refractivity contribution in [2.24, 2.45) is 0 Å². The number of carboxylic acids is 1. The van der Waals surface area contributed by atoms with Crippen molar-refractivity contribution in [1.29, 1.82) is 0 Å². The van der Waals surface area contributed by atoms with Crippen LogP contribution in [0.25, 0.3) is 10.9 Å². The third-order valence-corrected chi connectivity index (χ3v) is 2.56. The van der Waals surface area contributed by atoms with Crippen molar-refractivity contribution in [3.63, 3.8) is 0 Å². The summed E-state index contributed by atoms with van der Waals surface area (Å²) in [4.78, 5) is 10.7. The molecule has 0 bridgehead atoms. The van der Waals surface area contributed by atoms with Crippen molar-refractivity contribution in [2.75, 3.05) is 0 Å². The second-order valence-electron chi connectivity index (χ2n) is 3.55. The first kappa shape index (κ1) is 9.77. The van der Waals surface area contributed by atoms with Crippen LogP contribution in [0.1, 0.15) is 12.5 Å². The molecule has 0 aliphatic heterocycles. The molecule has 0 aliphatic rings. The predicted molar refractivity (Wildman–Crippen MR) is 59.0 cm³/mol. The minimum atomic E-state index is -0.807. The van der Waals surface area contributed by atoms with Crippen LogP contribution in [-0.2, 0) is 17.8 Å². The lowest BCUT2D eigenvalue weighted by Crippen LogP contribution is -2.08. The summed E-state index contributed by atoms with van der Waals surface area (Å²) in [7, 11) is 0. The molecule has 0 amide bonds. The van der Waals surface area contributed by atoms with E-state index in [1.807, 2.05) is 30.5 Å². The molecule has 3 nitrogen and oxygen atoms in total. The maximum atomic E-state index is 10.7. The van der Waals surface area contributed by atoms with Crippen LogP contribution in [0.15, 0.2) is 30.5 Å². The topological polar surface area (TPSA) is 42.2 Å². The Labute approximate surface area is 87.9 Å². The van der Waals surface area contributed by atoms with Gasteiger partial charge < -0.3 is 9.67 Å². The zero-order valence-corrected chi connectivity index (χ0v) is 8.60. The maximum Gasteiger partial charge on any atom is 0.323 e. The molecule has 1 aromatic heterocycles. The number of aryl methyl sites for hydroxylation is 1. The summed E-state index contributed by atoms with van der Waals surface area (Å²) < 4.78 is 1.79. The lowest BCUT2D eigenvalue weighted by Gasteiger charge is -2.05. The van der Waals surface area contributed by atoms with Crippen LogP contribution in [0.4, 0.5) is 0 Å². The van der Waals surface area contributed by atoms with Gasteiger partial charge in [0.25, 0.3) is 0 Å². The quantitative estimate of drug-likeness (QED) is 0.831. The van der Waals surface area contributed by atoms with E-state index in [0.717, 1.165) is 17.3 Å². The molecule has 0 radical (unpaired) electrons. The second kappa shape index (κ2) is 3.77. The van der Waals surface area contributed by atoms with Crippen LogP contribution in [0.2, 0.25) is 0 Å². The molecule has 0 unspecified atom stereocenters. The SMILES string of the molecule is CCc1cccc2ccn(CC(=O)O)c12. The molecule has 0 saturated carbocycles. The summed E-state index contributed by atoms with van der Waals surface area (Å²) in [6.07, 6.45) is 2.75. The number of nitrogens with zero attached hydrogens (tertiary/aromatic N) is 1. The highest BCUT2D eigenvalue weighted by molar-refractivity contribution is 5.84. The van der Waals surface area contributed by atoms with Crippen LogP contribution in [0.5, 0.6) is 0 Å². The molecule has 15 heavy (non-hydrogen) atoms. The normalized spacial score (nSPS) is 10.7. The first-order valence-corrected chi connectivity index (χ1v) is 5.01. The van der Waals surface area contributed by atoms with Crippen molar-refractivity contribution in [3.8, 4) is 0 Å². The number of fused-ring (bicyclic) bond motifs is 1. The lowest BCUT2D eigenvalue weighted by molar-refractivity contribution is -0.137. The van der Waals surface area contributed by atoms with Crippen LogP contribution >= 0.6 is 0 Å². The number of aromatic nitrogens is 1. The first-order valence-electron chi connectivity index (χ1n) is 5.01. The zero-order chi connectivity index (χ0) is 10.8. The highest BCUT2D eigenvalue weighted by Crippen LogP contribution is 2.20. The first-order chi connectivity index (χ1) is 7.22. The minimum Gasteiger partial charge on any atom is -0.480 e. The van der Waals surface area contributed by atoms with E-state index in [0.29, 0.717) is 0 Å². The smallest absolute Gasteiger partial charge is 0.323 e. The van der Waals surface area contributed by atoms with Crippen LogP contribution in [0.3, 0.4) is 0 Å². The molecule has 0 spiro atoms. The van der Waals surface area contributed by atoms with Gasteiger partial charge >= 0.3 is 5.97 Å². The third-order valence-electron chi connectivity index (χ3n) is 2.56. The molecule has 1 N–H and O–H groups in total. The summed E-state index contributed by atoms with van der Waals surface area (Å²) in [5.74, 6) is -0.807. The summed E-state index contributed by atoms with van der Waals surface area (Å²) >= 11 is 0. The summed E-state index contributed by atoms with van der Waals surface area (Å²) in [6, 6.07) is 8.01. The molecule has 3 heteroatoms. The van der Waals surface area contributed by atoms with Gasteiger partial charge in [0.2, 0.25) is 0 Å². The molecule has 1 heterocycles. The average Bonchev–Trinajstić information content (AvgIpc) is 2.61. The van der Waals surface area contributed by atoms with Gasteiger partial charge in [0.05, 0.1) is 5.52 Å². The Hall–Kier alpha value is -1.77. The highest BCUT2D eigenvalue weighted by Gasteiger charge is 2.07. The van der Waals surface area contributed by atoms with Crippen LogP contribution < -0.4 is 0 Å². The fraction of sp³-hybridized carbons (Fsp3) is 0.250. The van der Waals surface area contributed by atoms with Gasteiger partial charge in [0, 0.05) is 6.20 Å². The van der Waals surface area contributed by atoms with Gasteiger partial charge in [-0.05, 0) is 23.4 Å². The van der Waals surface area contributed by atoms with Crippen molar-refractivity contribution in [2.45, 2.75) is 19.9 Å². The number of hydrogen-bond acceptors (Lipinski definition) is 1. The molecule has 0 aliphatic carbocycles. The van der Waals surface area contributed by atoms with Crippen molar-refractivity contribution >= 4 is 16.9 Å². The summed E-state index contributed by atoms with van der Waals surface area (Å²) in [6.45, 7) is 2.10. The fourth-order valence-electron chi connectivity index (χ4n) is 1.90. The summed E-state index contributed by atoms with van der Waals surface area (Å²) in [5.41, 5.74) is 2.24. The van der Waals surface area contributed by atoms with Gasteiger partial charge in [-0.15, -0.1) is 0 Å². The molecular formula is C12H13NO2. The molecule has 0 fully saturated rings. The van der Waals surface area contributed by atoms with Crippen LogP contribution in [0, 0.1) is 0 Å². The zero-order valence-electron chi connectivity index (χ0n) is 8.60. The third kappa shape index (κ3) is 1.73. The van der Waals surface area contributed by atoms with E-state index >= 15 is 0 Å². The Balaban J connectivity index is 2.60. The highest BCUT2D eigenvalue weighted by atomic mass is 16.4. The van der Waals surface area contributed by atoms with Gasteiger partial charge in [-0.2, -0.15) is 0 Å². The van der Waals surface area contributed by atoms with E-state index in [4.69, 9.17) is 5.11 Å². The van der Waals surface area contributed by atoms with Gasteiger partial charge in [-0.3, -0.25) is 4.79 Å². The Bertz CT molecular complexity index is 499. The van der Waals surface area contributed by atoms with E-state index in [9.17, 15) is 4.79 Å². The van der Waals surface area contributed by atoms with E-state index < -0.39 is 5.97 Å². The predicted octanol–water partition coefficient (Wildman–Crippen LogP) is 2.29. The van der Waals surface area contributed by atoms with E-state index in [1.165, 1.54) is 5.56 Å². The van der Waals surface area contributed by atoms with Crippen LogP contribution in [-0.4, -0.2) is 15.6 Å². The number of benzene rings is 1. The number of para-hydroxylation sites is 1. The molecule has 0 atom stereocenters.